The van der Waals surface area contributed by atoms with Gasteiger partial charge in [0.1, 0.15) is 11.3 Å². The van der Waals surface area contributed by atoms with E-state index in [2.05, 4.69) is 0 Å². The summed E-state index contributed by atoms with van der Waals surface area (Å²) in [5.74, 6) is -1.99. The molecule has 7 atom stereocenters. The number of alkyl halides is 1. The third-order valence-corrected chi connectivity index (χ3v) is 9.06. The van der Waals surface area contributed by atoms with Crippen LogP contribution in [0.5, 0.6) is 0 Å². The zero-order chi connectivity index (χ0) is 22.1. The van der Waals surface area contributed by atoms with Crippen molar-refractivity contribution in [3.8, 4) is 0 Å². The van der Waals surface area contributed by atoms with Crippen LogP contribution in [0.4, 0.5) is 4.39 Å². The number of rotatable bonds is 3. The Labute approximate surface area is 175 Å². The number of ketones is 2. The molecule has 4 aliphatic carbocycles. The zero-order valence-corrected chi connectivity index (χ0v) is 17.9. The minimum Gasteiger partial charge on any atom is -0.458 e. The molecule has 2 N–H and O–H groups in total. The fourth-order valence-corrected chi connectivity index (χ4v) is 7.32. The van der Waals surface area contributed by atoms with Crippen molar-refractivity contribution >= 4 is 17.5 Å². The Kier molecular flexibility index (Phi) is 4.83. The molecule has 4 rings (SSSR count). The summed E-state index contributed by atoms with van der Waals surface area (Å²) in [6.07, 6.45) is 2.45. The van der Waals surface area contributed by atoms with E-state index in [-0.39, 0.29) is 31.0 Å². The first-order valence-electron chi connectivity index (χ1n) is 10.9. The largest absolute Gasteiger partial charge is 0.458 e. The highest BCUT2D eigenvalue weighted by Gasteiger charge is 2.74. The van der Waals surface area contributed by atoms with Crippen LogP contribution < -0.4 is 0 Å². The number of Topliss-reactive ketones (excluding diaryl/α,β-unsaturated/α-hetero) is 1. The minimum absolute atomic E-state index is 0.00553. The maximum Gasteiger partial charge on any atom is 0.303 e. The summed E-state index contributed by atoms with van der Waals surface area (Å²) in [4.78, 5) is 35.9. The summed E-state index contributed by atoms with van der Waals surface area (Å²) in [5, 5.41) is 22.6. The highest BCUT2D eigenvalue weighted by Crippen LogP contribution is 2.70. The molecule has 0 unspecified atom stereocenters. The molecule has 0 saturated heterocycles. The summed E-state index contributed by atoms with van der Waals surface area (Å²) in [6, 6.07) is 0. The second kappa shape index (κ2) is 6.70. The van der Waals surface area contributed by atoms with Gasteiger partial charge in [0, 0.05) is 30.1 Å². The van der Waals surface area contributed by atoms with Crippen LogP contribution >= 0.6 is 0 Å². The van der Waals surface area contributed by atoms with Crippen molar-refractivity contribution in [3.63, 3.8) is 0 Å². The Morgan fingerprint density at radius 1 is 1.20 bits per heavy atom. The molecule has 0 aromatic heterocycles. The second-order valence-corrected chi connectivity index (χ2v) is 10.2. The smallest absolute Gasteiger partial charge is 0.303 e. The Morgan fingerprint density at radius 2 is 1.90 bits per heavy atom. The van der Waals surface area contributed by atoms with Crippen molar-refractivity contribution in [2.24, 2.45) is 22.7 Å². The first-order valence-corrected chi connectivity index (χ1v) is 10.9. The second-order valence-electron chi connectivity index (χ2n) is 10.2. The van der Waals surface area contributed by atoms with Crippen molar-refractivity contribution in [2.75, 3.05) is 6.61 Å². The molecule has 4 aliphatic rings. The number of carbonyl (C=O) groups excluding carboxylic acids is 3. The van der Waals surface area contributed by atoms with Crippen molar-refractivity contribution in [3.05, 3.63) is 11.6 Å². The number of aliphatic hydroxyl groups is 2. The van der Waals surface area contributed by atoms with Crippen molar-refractivity contribution in [1.29, 1.82) is 0 Å². The number of aliphatic hydroxyl groups excluding tert-OH is 1. The first kappa shape index (κ1) is 21.6. The van der Waals surface area contributed by atoms with Gasteiger partial charge in [0.05, 0.1) is 6.10 Å². The SMILES string of the molecule is CC(=O)OCC(=O)[C@]1(O)CC[C@@H]2[C@H]3CCC4=CC(=O)CC[C@]4(C)[C@]3(F)[C@@H](O)C[C@]21C. The highest BCUT2D eigenvalue weighted by atomic mass is 19.1. The van der Waals surface area contributed by atoms with E-state index in [0.717, 1.165) is 5.57 Å². The molecule has 7 heteroatoms. The third kappa shape index (κ3) is 2.57. The molecule has 0 aromatic rings. The van der Waals surface area contributed by atoms with Gasteiger partial charge in [-0.15, -0.1) is 0 Å². The number of halogens is 1. The van der Waals surface area contributed by atoms with E-state index < -0.39 is 52.5 Å². The van der Waals surface area contributed by atoms with Gasteiger partial charge in [-0.3, -0.25) is 14.4 Å². The van der Waals surface area contributed by atoms with Gasteiger partial charge in [-0.05, 0) is 50.5 Å². The van der Waals surface area contributed by atoms with Crippen LogP contribution in [-0.2, 0) is 19.1 Å². The molecule has 0 spiro atoms. The molecule has 0 aliphatic heterocycles. The number of ether oxygens (including phenoxy) is 1. The number of esters is 1. The average Bonchev–Trinajstić information content (AvgIpc) is 2.94. The van der Waals surface area contributed by atoms with Crippen LogP contribution in [0.2, 0.25) is 0 Å². The lowest BCUT2D eigenvalue weighted by atomic mass is 9.44. The van der Waals surface area contributed by atoms with Gasteiger partial charge in [0.25, 0.3) is 0 Å². The topological polar surface area (TPSA) is 101 Å². The van der Waals surface area contributed by atoms with E-state index in [9.17, 15) is 24.6 Å². The van der Waals surface area contributed by atoms with Crippen molar-refractivity contribution < 1.29 is 33.7 Å². The lowest BCUT2D eigenvalue weighted by Crippen LogP contribution is -2.69. The molecule has 0 bridgehead atoms. The number of allylic oxidation sites excluding steroid dienone is 1. The number of hydrogen-bond donors (Lipinski definition) is 2. The molecular formula is C23H31FO6. The molecular weight excluding hydrogens is 391 g/mol. The zero-order valence-electron chi connectivity index (χ0n) is 17.9. The van der Waals surface area contributed by atoms with Crippen LogP contribution in [0.3, 0.4) is 0 Å². The quantitative estimate of drug-likeness (QED) is 0.678. The third-order valence-electron chi connectivity index (χ3n) is 9.06. The predicted molar refractivity (Wildman–Crippen MR) is 105 cm³/mol. The Morgan fingerprint density at radius 3 is 2.57 bits per heavy atom. The van der Waals surface area contributed by atoms with Gasteiger partial charge in [0.15, 0.2) is 12.4 Å². The molecule has 6 nitrogen and oxygen atoms in total. The van der Waals surface area contributed by atoms with Gasteiger partial charge in [-0.25, -0.2) is 4.39 Å². The molecule has 166 valence electrons. The molecule has 30 heavy (non-hydrogen) atoms. The summed E-state index contributed by atoms with van der Waals surface area (Å²) in [5.41, 5.74) is -4.83. The van der Waals surface area contributed by atoms with Gasteiger partial charge in [-0.1, -0.05) is 19.4 Å². The van der Waals surface area contributed by atoms with Gasteiger partial charge >= 0.3 is 5.97 Å². The summed E-state index contributed by atoms with van der Waals surface area (Å²) in [6.45, 7) is 4.25. The fraction of sp³-hybridized carbons (Fsp3) is 0.783. The van der Waals surface area contributed by atoms with Crippen LogP contribution in [0.25, 0.3) is 0 Å². The standard InChI is InChI=1S/C23H31FO6/c1-13(25)30-12-19(28)22(29)9-7-16-17-5-4-14-10-15(26)6-8-20(14,2)23(17,24)18(27)11-21(16,22)3/h10,16-18,27,29H,4-9,11-12H2,1-3H3/t16-,17-,18+,20+,21-,22-,23-/m1/s1. The lowest BCUT2D eigenvalue weighted by Gasteiger charge is -2.63. The lowest BCUT2D eigenvalue weighted by molar-refractivity contribution is -0.227. The van der Waals surface area contributed by atoms with E-state index >= 15 is 4.39 Å². The monoisotopic (exact) mass is 422 g/mol. The van der Waals surface area contributed by atoms with Crippen molar-refractivity contribution in [1.82, 2.24) is 0 Å². The van der Waals surface area contributed by atoms with Crippen LogP contribution in [0, 0.1) is 22.7 Å². The van der Waals surface area contributed by atoms with E-state index in [0.29, 0.717) is 25.7 Å². The summed E-state index contributed by atoms with van der Waals surface area (Å²) in [7, 11) is 0. The Bertz CT molecular complexity index is 838. The Hall–Kier alpha value is -1.60. The molecule has 0 heterocycles. The number of fused-ring (bicyclic) bond motifs is 5. The Balaban J connectivity index is 1.71. The maximum atomic E-state index is 16.9. The average molecular weight is 422 g/mol. The number of carbonyl (C=O) groups is 3. The molecule has 0 aromatic carbocycles. The van der Waals surface area contributed by atoms with Crippen LogP contribution in [0.1, 0.15) is 65.7 Å². The molecule has 3 fully saturated rings. The van der Waals surface area contributed by atoms with E-state index in [1.807, 2.05) is 6.92 Å². The van der Waals surface area contributed by atoms with E-state index in [1.54, 1.807) is 13.0 Å². The summed E-state index contributed by atoms with van der Waals surface area (Å²) < 4.78 is 21.8. The molecule has 0 amide bonds. The van der Waals surface area contributed by atoms with E-state index in [1.165, 1.54) is 6.92 Å². The molecule has 3 saturated carbocycles. The van der Waals surface area contributed by atoms with Gasteiger partial charge < -0.3 is 14.9 Å². The van der Waals surface area contributed by atoms with Crippen LogP contribution in [-0.4, -0.2) is 51.7 Å². The maximum absolute atomic E-state index is 16.9. The highest BCUT2D eigenvalue weighted by molar-refractivity contribution is 5.92. The fourth-order valence-electron chi connectivity index (χ4n) is 7.32. The predicted octanol–water partition coefficient (Wildman–Crippen LogP) is 2.44. The van der Waals surface area contributed by atoms with Gasteiger partial charge in [0.2, 0.25) is 5.78 Å². The van der Waals surface area contributed by atoms with Crippen molar-refractivity contribution in [2.45, 2.75) is 83.1 Å². The van der Waals surface area contributed by atoms with E-state index in [4.69, 9.17) is 4.74 Å². The first-order chi connectivity index (χ1) is 13.9. The minimum atomic E-state index is -1.91. The number of hydrogen-bond acceptors (Lipinski definition) is 6. The molecule has 0 radical (unpaired) electrons. The van der Waals surface area contributed by atoms with Crippen LogP contribution in [0.15, 0.2) is 11.6 Å². The summed E-state index contributed by atoms with van der Waals surface area (Å²) >= 11 is 0. The van der Waals surface area contributed by atoms with Gasteiger partial charge in [-0.2, -0.15) is 0 Å². The normalized spacial score (nSPS) is 47.6.